The van der Waals surface area contributed by atoms with Gasteiger partial charge in [0, 0.05) is 28.3 Å². The Labute approximate surface area is 154 Å². The smallest absolute Gasteiger partial charge is 0.303 e. The van der Waals surface area contributed by atoms with Gasteiger partial charge >= 0.3 is 5.97 Å². The molecular formula is C18H19N3O4S. The fraction of sp³-hybridized carbons (Fsp3) is 0.333. The number of aliphatic carboxylic acids is 1. The molecular weight excluding hydrogens is 354 g/mol. The number of thiophene rings is 1. The molecule has 26 heavy (non-hydrogen) atoms. The van der Waals surface area contributed by atoms with Crippen molar-refractivity contribution in [2.75, 3.05) is 6.54 Å². The van der Waals surface area contributed by atoms with Crippen molar-refractivity contribution in [2.45, 2.75) is 33.6 Å². The molecule has 7 nitrogen and oxygen atoms in total. The minimum atomic E-state index is -0.883. The first-order chi connectivity index (χ1) is 12.4. The Hall–Kier alpha value is -2.74. The molecule has 0 fully saturated rings. The molecule has 8 heteroatoms. The maximum atomic E-state index is 12.7. The molecule has 0 aliphatic rings. The second-order valence-electron chi connectivity index (χ2n) is 6.08. The van der Waals surface area contributed by atoms with E-state index >= 15 is 0 Å². The van der Waals surface area contributed by atoms with Gasteiger partial charge in [-0.05, 0) is 39.3 Å². The van der Waals surface area contributed by atoms with Gasteiger partial charge in [0.05, 0.1) is 22.3 Å². The van der Waals surface area contributed by atoms with Crippen molar-refractivity contribution in [3.05, 3.63) is 33.1 Å². The molecule has 3 aromatic rings. The van der Waals surface area contributed by atoms with E-state index < -0.39 is 5.97 Å². The summed E-state index contributed by atoms with van der Waals surface area (Å²) >= 11 is 1.67. The molecule has 0 saturated heterocycles. The van der Waals surface area contributed by atoms with Crippen LogP contribution < -0.4 is 5.32 Å². The van der Waals surface area contributed by atoms with Crippen LogP contribution in [0.25, 0.3) is 22.4 Å². The largest absolute Gasteiger partial charge is 0.481 e. The van der Waals surface area contributed by atoms with Crippen LogP contribution in [0.1, 0.15) is 38.6 Å². The Balaban J connectivity index is 1.97. The van der Waals surface area contributed by atoms with Gasteiger partial charge in [0.2, 0.25) is 0 Å². The van der Waals surface area contributed by atoms with Crippen LogP contribution in [0.3, 0.4) is 0 Å². The molecule has 2 N–H and O–H groups in total. The van der Waals surface area contributed by atoms with E-state index in [9.17, 15) is 9.59 Å². The number of nitrogens with zero attached hydrogens (tertiary/aromatic N) is 2. The van der Waals surface area contributed by atoms with Gasteiger partial charge in [-0.3, -0.25) is 9.59 Å². The first-order valence-electron chi connectivity index (χ1n) is 8.21. The summed E-state index contributed by atoms with van der Waals surface area (Å²) in [6, 6.07) is 3.78. The van der Waals surface area contributed by atoms with Crippen molar-refractivity contribution in [3.8, 4) is 11.3 Å². The molecule has 3 rings (SSSR count). The van der Waals surface area contributed by atoms with Crippen LogP contribution in [0.2, 0.25) is 0 Å². The maximum absolute atomic E-state index is 12.7. The third kappa shape index (κ3) is 3.60. The van der Waals surface area contributed by atoms with Crippen LogP contribution in [0.5, 0.6) is 0 Å². The third-order valence-electron chi connectivity index (χ3n) is 4.03. The molecule has 0 aliphatic carbocycles. The number of pyridine rings is 1. The molecule has 0 atom stereocenters. The van der Waals surface area contributed by atoms with Gasteiger partial charge in [-0.1, -0.05) is 5.16 Å². The van der Waals surface area contributed by atoms with Gasteiger partial charge in [0.1, 0.15) is 0 Å². The van der Waals surface area contributed by atoms with Gasteiger partial charge in [0.15, 0.2) is 0 Å². The highest BCUT2D eigenvalue weighted by Gasteiger charge is 2.20. The molecule has 0 bridgehead atoms. The minimum Gasteiger partial charge on any atom is -0.481 e. The topological polar surface area (TPSA) is 105 Å². The van der Waals surface area contributed by atoms with E-state index in [1.807, 2.05) is 19.9 Å². The van der Waals surface area contributed by atoms with Gasteiger partial charge < -0.3 is 14.9 Å². The van der Waals surface area contributed by atoms with Crippen molar-refractivity contribution < 1.29 is 19.2 Å². The van der Waals surface area contributed by atoms with E-state index in [2.05, 4.69) is 15.5 Å². The second-order valence-corrected chi connectivity index (χ2v) is 7.54. The number of hydrogen-bond donors (Lipinski definition) is 2. The van der Waals surface area contributed by atoms with E-state index in [1.165, 1.54) is 0 Å². The second kappa shape index (κ2) is 7.25. The SMILES string of the molecule is Cc1cc(-c2cc(C(=O)NCCCC(=O)O)c3c(C)noc3n2)c(C)s1. The molecule has 0 radical (unpaired) electrons. The number of carbonyl (C=O) groups excluding carboxylic acids is 1. The summed E-state index contributed by atoms with van der Waals surface area (Å²) in [7, 11) is 0. The van der Waals surface area contributed by atoms with Gasteiger partial charge in [-0.2, -0.15) is 0 Å². The van der Waals surface area contributed by atoms with Crippen molar-refractivity contribution in [1.82, 2.24) is 15.5 Å². The Kier molecular flexibility index (Phi) is 5.03. The van der Waals surface area contributed by atoms with Crippen LogP contribution in [0.4, 0.5) is 0 Å². The summed E-state index contributed by atoms with van der Waals surface area (Å²) in [5.74, 6) is -1.18. The first kappa shape index (κ1) is 18.1. The third-order valence-corrected chi connectivity index (χ3v) is 5.00. The number of carboxylic acids is 1. The predicted molar refractivity (Wildman–Crippen MR) is 98.5 cm³/mol. The van der Waals surface area contributed by atoms with E-state index in [-0.39, 0.29) is 18.9 Å². The van der Waals surface area contributed by atoms with E-state index in [4.69, 9.17) is 9.63 Å². The predicted octanol–water partition coefficient (Wildman–Crippen LogP) is 3.47. The number of fused-ring (bicyclic) bond motifs is 1. The van der Waals surface area contributed by atoms with Crippen LogP contribution in [0.15, 0.2) is 16.7 Å². The lowest BCUT2D eigenvalue weighted by Gasteiger charge is -2.08. The highest BCUT2D eigenvalue weighted by Crippen LogP contribution is 2.32. The molecule has 3 heterocycles. The normalized spacial score (nSPS) is 11.0. The summed E-state index contributed by atoms with van der Waals surface area (Å²) in [5, 5.41) is 16.0. The summed E-state index contributed by atoms with van der Waals surface area (Å²) in [6.07, 6.45) is 0.380. The number of aryl methyl sites for hydroxylation is 3. The lowest BCUT2D eigenvalue weighted by Crippen LogP contribution is -2.25. The van der Waals surface area contributed by atoms with Crippen LogP contribution in [0, 0.1) is 20.8 Å². The number of aromatic nitrogens is 2. The molecule has 0 unspecified atom stereocenters. The monoisotopic (exact) mass is 373 g/mol. The molecule has 0 aromatic carbocycles. The quantitative estimate of drug-likeness (QED) is 0.641. The zero-order valence-electron chi connectivity index (χ0n) is 14.8. The number of hydrogen-bond acceptors (Lipinski definition) is 6. The van der Waals surface area contributed by atoms with Crippen LogP contribution >= 0.6 is 11.3 Å². The fourth-order valence-corrected chi connectivity index (χ4v) is 3.77. The summed E-state index contributed by atoms with van der Waals surface area (Å²) in [5.41, 5.74) is 2.96. The Morgan fingerprint density at radius 3 is 2.69 bits per heavy atom. The number of carbonyl (C=O) groups is 2. The van der Waals surface area contributed by atoms with Crippen molar-refractivity contribution in [2.24, 2.45) is 0 Å². The first-order valence-corrected chi connectivity index (χ1v) is 9.03. The maximum Gasteiger partial charge on any atom is 0.303 e. The van der Waals surface area contributed by atoms with Gasteiger partial charge in [0.25, 0.3) is 11.6 Å². The minimum absolute atomic E-state index is 0.0109. The standard InChI is InChI=1S/C18H19N3O4S/c1-9-7-12(11(3)26-9)14-8-13(16-10(2)21-25-18(16)20-14)17(24)19-6-4-5-15(22)23/h7-8H,4-6H2,1-3H3,(H,19,24)(H,22,23). The molecule has 0 aliphatic heterocycles. The summed E-state index contributed by atoms with van der Waals surface area (Å²) in [6.45, 7) is 6.07. The Morgan fingerprint density at radius 1 is 1.27 bits per heavy atom. The molecule has 3 aromatic heterocycles. The Bertz CT molecular complexity index is 990. The molecule has 0 saturated carbocycles. The Morgan fingerprint density at radius 2 is 2.04 bits per heavy atom. The number of nitrogens with one attached hydrogen (secondary N) is 1. The fourth-order valence-electron chi connectivity index (χ4n) is 2.83. The zero-order valence-corrected chi connectivity index (χ0v) is 15.6. The van der Waals surface area contributed by atoms with Crippen molar-refractivity contribution in [3.63, 3.8) is 0 Å². The molecule has 0 spiro atoms. The highest BCUT2D eigenvalue weighted by molar-refractivity contribution is 7.12. The van der Waals surface area contributed by atoms with Crippen molar-refractivity contribution >= 4 is 34.3 Å². The average Bonchev–Trinajstić information content (AvgIpc) is 3.12. The molecule has 136 valence electrons. The van der Waals surface area contributed by atoms with Crippen LogP contribution in [-0.4, -0.2) is 33.7 Å². The average molecular weight is 373 g/mol. The summed E-state index contributed by atoms with van der Waals surface area (Å²) in [4.78, 5) is 30.1. The van der Waals surface area contributed by atoms with E-state index in [0.29, 0.717) is 34.5 Å². The highest BCUT2D eigenvalue weighted by atomic mass is 32.1. The lowest BCUT2D eigenvalue weighted by atomic mass is 10.1. The summed E-state index contributed by atoms with van der Waals surface area (Å²) < 4.78 is 5.29. The van der Waals surface area contributed by atoms with E-state index in [0.717, 1.165) is 15.3 Å². The number of rotatable bonds is 6. The zero-order chi connectivity index (χ0) is 18.8. The van der Waals surface area contributed by atoms with Gasteiger partial charge in [-0.25, -0.2) is 4.98 Å². The van der Waals surface area contributed by atoms with Crippen LogP contribution in [-0.2, 0) is 4.79 Å². The number of carboxylic acid groups (broad SMARTS) is 1. The molecule has 1 amide bonds. The van der Waals surface area contributed by atoms with Crippen molar-refractivity contribution in [1.29, 1.82) is 0 Å². The van der Waals surface area contributed by atoms with E-state index in [1.54, 1.807) is 24.3 Å². The van der Waals surface area contributed by atoms with Gasteiger partial charge in [-0.15, -0.1) is 11.3 Å². The lowest BCUT2D eigenvalue weighted by molar-refractivity contribution is -0.137. The number of amides is 1.